The Balaban J connectivity index is -0.00000180. The second kappa shape index (κ2) is 24.1. The Morgan fingerprint density at radius 1 is 0.773 bits per heavy atom. The van der Waals surface area contributed by atoms with Crippen molar-refractivity contribution in [3.8, 4) is 0 Å². The van der Waals surface area contributed by atoms with Crippen LogP contribution in [-0.4, -0.2) is 59.5 Å². The maximum atomic E-state index is 10.3. The SMILES string of the molecule is CCCCCCCC/C=C\CCCCCCCC(=O)O.[Li].[Na]. The Morgan fingerprint density at radius 2 is 1.18 bits per heavy atom. The first-order valence-corrected chi connectivity index (χ1v) is 8.64. The van der Waals surface area contributed by atoms with Gasteiger partial charge in [0.05, 0.1) is 0 Å². The summed E-state index contributed by atoms with van der Waals surface area (Å²) in [6, 6.07) is 0. The molecular weight excluding hydrogens is 278 g/mol. The first-order valence-electron chi connectivity index (χ1n) is 8.64. The van der Waals surface area contributed by atoms with Crippen molar-refractivity contribution in [1.82, 2.24) is 0 Å². The van der Waals surface area contributed by atoms with Crippen LogP contribution < -0.4 is 0 Å². The van der Waals surface area contributed by atoms with Crippen LogP contribution in [0.3, 0.4) is 0 Å². The van der Waals surface area contributed by atoms with E-state index in [1.54, 1.807) is 0 Å². The molecule has 4 heteroatoms. The van der Waals surface area contributed by atoms with Gasteiger partial charge >= 0.3 is 5.97 Å². The second-order valence-electron chi connectivity index (χ2n) is 5.73. The van der Waals surface area contributed by atoms with E-state index in [9.17, 15) is 4.79 Å². The van der Waals surface area contributed by atoms with E-state index < -0.39 is 5.97 Å². The van der Waals surface area contributed by atoms with E-state index in [1.807, 2.05) is 0 Å². The number of carboxylic acid groups (broad SMARTS) is 1. The molecule has 0 aliphatic carbocycles. The van der Waals surface area contributed by atoms with Crippen LogP contribution in [0.1, 0.15) is 96.8 Å². The summed E-state index contributed by atoms with van der Waals surface area (Å²) in [6.45, 7) is 2.26. The third-order valence-corrected chi connectivity index (χ3v) is 3.65. The van der Waals surface area contributed by atoms with Crippen LogP contribution in [-0.2, 0) is 4.79 Å². The molecule has 0 saturated carbocycles. The molecule has 0 aromatic carbocycles. The van der Waals surface area contributed by atoms with Gasteiger partial charge in [0.15, 0.2) is 0 Å². The number of unbranched alkanes of at least 4 members (excludes halogenated alkanes) is 11. The summed E-state index contributed by atoms with van der Waals surface area (Å²) in [6.07, 6.45) is 21.2. The number of hydrogen-bond acceptors (Lipinski definition) is 1. The zero-order valence-electron chi connectivity index (χ0n) is 15.4. The van der Waals surface area contributed by atoms with Crippen LogP contribution in [0.25, 0.3) is 0 Å². The van der Waals surface area contributed by atoms with Crippen molar-refractivity contribution in [1.29, 1.82) is 0 Å². The average molecular weight is 312 g/mol. The molecule has 2 nitrogen and oxygen atoms in total. The van der Waals surface area contributed by atoms with Gasteiger partial charge in [0.25, 0.3) is 0 Å². The molecule has 0 atom stereocenters. The molecule has 0 aliphatic rings. The van der Waals surface area contributed by atoms with Crippen LogP contribution in [0.15, 0.2) is 12.2 Å². The minimum Gasteiger partial charge on any atom is -0.481 e. The van der Waals surface area contributed by atoms with Gasteiger partial charge in [-0.15, -0.1) is 0 Å². The van der Waals surface area contributed by atoms with Crippen molar-refractivity contribution in [2.24, 2.45) is 0 Å². The molecular formula is C18H34LiNaO2. The van der Waals surface area contributed by atoms with Gasteiger partial charge in [-0.3, -0.25) is 4.79 Å². The standard InChI is InChI=1S/C18H34O2.Li.Na/c1-2-3-4-5-6-7-8-9-10-11-12-13-14-15-16-17-18(19)20;;/h9-10H,2-8,11-17H2,1H3,(H,19,20);;/b10-9-;;. The van der Waals surface area contributed by atoms with Gasteiger partial charge in [-0.2, -0.15) is 0 Å². The van der Waals surface area contributed by atoms with E-state index >= 15 is 0 Å². The van der Waals surface area contributed by atoms with Gasteiger partial charge in [0.2, 0.25) is 0 Å². The van der Waals surface area contributed by atoms with Crippen LogP contribution in [0.5, 0.6) is 0 Å². The molecule has 0 spiro atoms. The molecule has 0 rings (SSSR count). The van der Waals surface area contributed by atoms with E-state index in [2.05, 4.69) is 19.1 Å². The Labute approximate surface area is 172 Å². The van der Waals surface area contributed by atoms with E-state index in [4.69, 9.17) is 5.11 Å². The summed E-state index contributed by atoms with van der Waals surface area (Å²) < 4.78 is 0. The van der Waals surface area contributed by atoms with Crippen molar-refractivity contribution in [3.05, 3.63) is 12.2 Å². The molecule has 2 radical (unpaired) electrons. The molecule has 0 unspecified atom stereocenters. The number of hydrogen-bond donors (Lipinski definition) is 1. The number of rotatable bonds is 15. The predicted molar refractivity (Wildman–Crippen MR) is 98.6 cm³/mol. The van der Waals surface area contributed by atoms with Gasteiger partial charge in [0.1, 0.15) is 0 Å². The monoisotopic (exact) mass is 312 g/mol. The minimum atomic E-state index is -0.664. The van der Waals surface area contributed by atoms with Gasteiger partial charge in [-0.1, -0.05) is 70.4 Å². The molecule has 0 aromatic rings. The first-order chi connectivity index (χ1) is 9.77. The van der Waals surface area contributed by atoms with Crippen LogP contribution in [0, 0.1) is 0 Å². The van der Waals surface area contributed by atoms with Crippen molar-refractivity contribution in [2.45, 2.75) is 96.8 Å². The Kier molecular flexibility index (Phi) is 30.2. The second-order valence-corrected chi connectivity index (χ2v) is 5.73. The molecule has 0 fully saturated rings. The maximum absolute atomic E-state index is 10.3. The smallest absolute Gasteiger partial charge is 0.303 e. The van der Waals surface area contributed by atoms with E-state index in [0.717, 1.165) is 12.8 Å². The summed E-state index contributed by atoms with van der Waals surface area (Å²) in [4.78, 5) is 10.3. The van der Waals surface area contributed by atoms with Crippen molar-refractivity contribution >= 4 is 54.4 Å². The van der Waals surface area contributed by atoms with Crippen molar-refractivity contribution < 1.29 is 9.90 Å². The molecule has 0 amide bonds. The topological polar surface area (TPSA) is 37.3 Å². The van der Waals surface area contributed by atoms with Crippen molar-refractivity contribution in [2.75, 3.05) is 0 Å². The van der Waals surface area contributed by atoms with Crippen molar-refractivity contribution in [3.63, 3.8) is 0 Å². The molecule has 0 saturated heterocycles. The van der Waals surface area contributed by atoms with E-state index in [1.165, 1.54) is 70.6 Å². The summed E-state index contributed by atoms with van der Waals surface area (Å²) in [7, 11) is 0. The average Bonchev–Trinajstić information content (AvgIpc) is 2.43. The zero-order chi connectivity index (χ0) is 14.9. The Morgan fingerprint density at radius 3 is 1.64 bits per heavy atom. The molecule has 22 heavy (non-hydrogen) atoms. The van der Waals surface area contributed by atoms with Gasteiger partial charge in [-0.05, 0) is 32.1 Å². The summed E-state index contributed by atoms with van der Waals surface area (Å²) in [5.41, 5.74) is 0. The van der Waals surface area contributed by atoms with Crippen LogP contribution in [0.4, 0.5) is 0 Å². The number of carboxylic acids is 1. The van der Waals surface area contributed by atoms with Crippen LogP contribution >= 0.6 is 0 Å². The molecule has 0 aromatic heterocycles. The minimum absolute atomic E-state index is 0. The molecule has 120 valence electrons. The first kappa shape index (κ1) is 27.6. The van der Waals surface area contributed by atoms with E-state index in [0.29, 0.717) is 6.42 Å². The fraction of sp³-hybridized carbons (Fsp3) is 0.833. The van der Waals surface area contributed by atoms with Crippen LogP contribution in [0.2, 0.25) is 0 Å². The maximum Gasteiger partial charge on any atom is 0.303 e. The fourth-order valence-electron chi connectivity index (χ4n) is 2.35. The van der Waals surface area contributed by atoms with Gasteiger partial charge < -0.3 is 5.11 Å². The largest absolute Gasteiger partial charge is 0.481 e. The molecule has 1 N–H and O–H groups in total. The summed E-state index contributed by atoms with van der Waals surface area (Å²) in [5, 5.41) is 8.51. The van der Waals surface area contributed by atoms with E-state index in [-0.39, 0.29) is 48.4 Å². The Hall–Kier alpha value is 0.807. The third kappa shape index (κ3) is 25.7. The number of allylic oxidation sites excluding steroid dienone is 2. The summed E-state index contributed by atoms with van der Waals surface area (Å²) in [5.74, 6) is -0.664. The quantitative estimate of drug-likeness (QED) is 0.251. The van der Waals surface area contributed by atoms with Gasteiger partial charge in [-0.25, -0.2) is 0 Å². The molecule has 0 aliphatic heterocycles. The fourth-order valence-corrected chi connectivity index (χ4v) is 2.35. The summed E-state index contributed by atoms with van der Waals surface area (Å²) >= 11 is 0. The number of carbonyl (C=O) groups is 1. The zero-order valence-corrected chi connectivity index (χ0v) is 17.4. The Bertz CT molecular complexity index is 245. The molecule has 0 bridgehead atoms. The predicted octanol–water partition coefficient (Wildman–Crippen LogP) is 5.35. The number of aliphatic carboxylic acids is 1. The normalized spacial score (nSPS) is 10.2. The molecule has 0 heterocycles. The third-order valence-electron chi connectivity index (χ3n) is 3.65. The van der Waals surface area contributed by atoms with Gasteiger partial charge in [0, 0.05) is 54.8 Å².